The Morgan fingerprint density at radius 2 is 2.23 bits per heavy atom. The Bertz CT molecular complexity index is 1030. The molecule has 7 nitrogen and oxygen atoms in total. The molecule has 0 saturated carbocycles. The molecule has 0 unspecified atom stereocenters. The predicted molar refractivity (Wildman–Crippen MR) is 113 cm³/mol. The molecule has 0 atom stereocenters. The summed E-state index contributed by atoms with van der Waals surface area (Å²) in [6.45, 7) is 6.03. The average molecular weight is 430 g/mol. The van der Waals surface area contributed by atoms with Crippen LogP contribution in [0.3, 0.4) is 0 Å². The summed E-state index contributed by atoms with van der Waals surface area (Å²) in [6.07, 6.45) is 6.55. The molecule has 2 aromatic rings. The lowest BCUT2D eigenvalue weighted by Gasteiger charge is -2.25. The Kier molecular flexibility index (Phi) is 6.79. The number of piperazine rings is 1. The molecule has 156 valence electrons. The van der Waals surface area contributed by atoms with E-state index in [9.17, 15) is 14.0 Å². The first-order valence-electron chi connectivity index (χ1n) is 9.38. The highest BCUT2D eigenvalue weighted by Crippen LogP contribution is 2.26. The van der Waals surface area contributed by atoms with E-state index in [4.69, 9.17) is 11.6 Å². The lowest BCUT2D eigenvalue weighted by Crippen LogP contribution is -2.50. The van der Waals surface area contributed by atoms with Gasteiger partial charge in [0.1, 0.15) is 5.83 Å². The largest absolute Gasteiger partial charge is 0.353 e. The number of rotatable bonds is 6. The Labute approximate surface area is 178 Å². The van der Waals surface area contributed by atoms with E-state index in [2.05, 4.69) is 22.0 Å². The standard InChI is InChI=1S/C21H21ClFN5O2/c1-3-16(6-7-17(23)14(2)22)28-19(15-5-4-8-24-12-15)11-18(26-28)21(30)27-10-9-25-20(29)13-27/h4-8,11-12H,2-3,9-10,13H2,1H3,(H,25,29)/b16-6+,17-7+. The molecule has 0 spiro atoms. The third-order valence-electron chi connectivity index (χ3n) is 4.53. The van der Waals surface area contributed by atoms with E-state index in [1.165, 1.54) is 11.0 Å². The molecule has 1 aliphatic heterocycles. The van der Waals surface area contributed by atoms with Crippen molar-refractivity contribution in [3.05, 3.63) is 65.9 Å². The minimum absolute atomic E-state index is 0.0177. The molecule has 1 saturated heterocycles. The highest BCUT2D eigenvalue weighted by Gasteiger charge is 2.26. The van der Waals surface area contributed by atoms with Crippen LogP contribution in [0.4, 0.5) is 4.39 Å². The van der Waals surface area contributed by atoms with Crippen LogP contribution in [0, 0.1) is 0 Å². The maximum absolute atomic E-state index is 13.8. The highest BCUT2D eigenvalue weighted by atomic mass is 35.5. The van der Waals surface area contributed by atoms with Crippen LogP contribution in [0.1, 0.15) is 23.8 Å². The zero-order valence-electron chi connectivity index (χ0n) is 16.4. The number of pyridine rings is 1. The SMILES string of the molecule is C=C(Cl)/C(F)=C\C=C(/CC)n1nc(C(=O)N2CCNC(=O)C2)cc1-c1cccnc1. The first-order valence-corrected chi connectivity index (χ1v) is 9.76. The number of halogens is 2. The summed E-state index contributed by atoms with van der Waals surface area (Å²) in [6, 6.07) is 5.26. The van der Waals surface area contributed by atoms with Crippen molar-refractivity contribution in [1.82, 2.24) is 25.0 Å². The molecule has 3 heterocycles. The van der Waals surface area contributed by atoms with Gasteiger partial charge in [-0.3, -0.25) is 14.6 Å². The number of hydrogen-bond acceptors (Lipinski definition) is 4. The van der Waals surface area contributed by atoms with Gasteiger partial charge in [-0.25, -0.2) is 9.07 Å². The van der Waals surface area contributed by atoms with E-state index in [0.29, 0.717) is 30.9 Å². The minimum Gasteiger partial charge on any atom is -0.353 e. The quantitative estimate of drug-likeness (QED) is 0.714. The van der Waals surface area contributed by atoms with E-state index >= 15 is 0 Å². The van der Waals surface area contributed by atoms with Gasteiger partial charge in [-0.2, -0.15) is 5.10 Å². The summed E-state index contributed by atoms with van der Waals surface area (Å²) in [7, 11) is 0. The number of hydrogen-bond donors (Lipinski definition) is 1. The van der Waals surface area contributed by atoms with Crippen molar-refractivity contribution in [1.29, 1.82) is 0 Å². The van der Waals surface area contributed by atoms with Crippen molar-refractivity contribution in [2.45, 2.75) is 13.3 Å². The van der Waals surface area contributed by atoms with Gasteiger partial charge < -0.3 is 10.2 Å². The van der Waals surface area contributed by atoms with E-state index in [1.54, 1.807) is 35.3 Å². The molecule has 0 aliphatic carbocycles. The third-order valence-corrected chi connectivity index (χ3v) is 4.71. The number of carbonyl (C=O) groups excluding carboxylic acids is 2. The zero-order valence-corrected chi connectivity index (χ0v) is 17.2. The summed E-state index contributed by atoms with van der Waals surface area (Å²) in [5.41, 5.74) is 2.19. The molecule has 2 aromatic heterocycles. The summed E-state index contributed by atoms with van der Waals surface area (Å²) in [4.78, 5) is 30.2. The molecule has 1 N–H and O–H groups in total. The van der Waals surface area contributed by atoms with Crippen LogP contribution in [-0.2, 0) is 4.79 Å². The van der Waals surface area contributed by atoms with Gasteiger partial charge in [0, 0.05) is 36.7 Å². The van der Waals surface area contributed by atoms with Crippen LogP contribution in [0.2, 0.25) is 0 Å². The normalized spacial score (nSPS) is 15.2. The van der Waals surface area contributed by atoms with Crippen molar-refractivity contribution in [2.75, 3.05) is 19.6 Å². The molecule has 1 fully saturated rings. The van der Waals surface area contributed by atoms with Gasteiger partial charge in [-0.15, -0.1) is 0 Å². The molecule has 1 aliphatic rings. The molecular weight excluding hydrogens is 409 g/mol. The number of nitrogens with zero attached hydrogens (tertiary/aromatic N) is 4. The Hall–Kier alpha value is -3.26. The predicted octanol–water partition coefficient (Wildman–Crippen LogP) is 3.37. The second-order valence-electron chi connectivity index (χ2n) is 6.58. The fraction of sp³-hybridized carbons (Fsp3) is 0.238. The lowest BCUT2D eigenvalue weighted by atomic mass is 10.2. The number of aromatic nitrogens is 3. The number of carbonyl (C=O) groups is 2. The van der Waals surface area contributed by atoms with Crippen molar-refractivity contribution in [3.8, 4) is 11.3 Å². The van der Waals surface area contributed by atoms with E-state index in [1.807, 2.05) is 13.0 Å². The summed E-state index contributed by atoms with van der Waals surface area (Å²) < 4.78 is 15.4. The van der Waals surface area contributed by atoms with Crippen LogP contribution in [0.15, 0.2) is 60.2 Å². The average Bonchev–Trinajstić information content (AvgIpc) is 3.19. The second-order valence-corrected chi connectivity index (χ2v) is 7.03. The Morgan fingerprint density at radius 1 is 1.43 bits per heavy atom. The van der Waals surface area contributed by atoms with Crippen LogP contribution in [0.5, 0.6) is 0 Å². The van der Waals surface area contributed by atoms with Crippen LogP contribution < -0.4 is 5.32 Å². The summed E-state index contributed by atoms with van der Waals surface area (Å²) in [5, 5.41) is 6.96. The van der Waals surface area contributed by atoms with Gasteiger partial charge >= 0.3 is 0 Å². The van der Waals surface area contributed by atoms with Gasteiger partial charge in [0.2, 0.25) is 5.91 Å². The monoisotopic (exact) mass is 429 g/mol. The highest BCUT2D eigenvalue weighted by molar-refractivity contribution is 6.31. The van der Waals surface area contributed by atoms with E-state index in [-0.39, 0.29) is 29.1 Å². The number of amides is 2. The van der Waals surface area contributed by atoms with Crippen molar-refractivity contribution >= 4 is 29.1 Å². The van der Waals surface area contributed by atoms with Crippen molar-refractivity contribution in [2.24, 2.45) is 0 Å². The van der Waals surface area contributed by atoms with Gasteiger partial charge in [-0.05, 0) is 36.8 Å². The maximum Gasteiger partial charge on any atom is 0.274 e. The molecule has 0 radical (unpaired) electrons. The van der Waals surface area contributed by atoms with Gasteiger partial charge in [0.15, 0.2) is 5.69 Å². The second kappa shape index (κ2) is 9.49. The Morgan fingerprint density at radius 3 is 2.87 bits per heavy atom. The van der Waals surface area contributed by atoms with Gasteiger partial charge in [-0.1, -0.05) is 25.1 Å². The molecule has 2 amide bonds. The molecular formula is C21H21ClFN5O2. The van der Waals surface area contributed by atoms with Crippen molar-refractivity contribution in [3.63, 3.8) is 0 Å². The lowest BCUT2D eigenvalue weighted by molar-refractivity contribution is -0.123. The number of allylic oxidation sites excluding steroid dienone is 5. The minimum atomic E-state index is -0.659. The topological polar surface area (TPSA) is 80.1 Å². The third kappa shape index (κ3) is 4.83. The fourth-order valence-corrected chi connectivity index (χ4v) is 3.06. The first-order chi connectivity index (χ1) is 14.4. The van der Waals surface area contributed by atoms with E-state index in [0.717, 1.165) is 5.56 Å². The van der Waals surface area contributed by atoms with Crippen LogP contribution >= 0.6 is 11.6 Å². The number of nitrogens with one attached hydrogen (secondary N) is 1. The van der Waals surface area contributed by atoms with Gasteiger partial charge in [0.25, 0.3) is 5.91 Å². The van der Waals surface area contributed by atoms with E-state index < -0.39 is 5.83 Å². The molecule has 3 rings (SSSR count). The van der Waals surface area contributed by atoms with Gasteiger partial charge in [0.05, 0.1) is 17.3 Å². The smallest absolute Gasteiger partial charge is 0.274 e. The molecule has 9 heteroatoms. The maximum atomic E-state index is 13.8. The molecule has 30 heavy (non-hydrogen) atoms. The van der Waals surface area contributed by atoms with Crippen LogP contribution in [-0.4, -0.2) is 51.1 Å². The van der Waals surface area contributed by atoms with Crippen molar-refractivity contribution < 1.29 is 14.0 Å². The first kappa shape index (κ1) is 21.4. The zero-order chi connectivity index (χ0) is 21.7. The fourth-order valence-electron chi connectivity index (χ4n) is 3.00. The molecule has 0 aromatic carbocycles. The Balaban J connectivity index is 2.05. The summed E-state index contributed by atoms with van der Waals surface area (Å²) in [5.74, 6) is -1.22. The van der Waals surface area contributed by atoms with Crippen LogP contribution in [0.25, 0.3) is 17.0 Å². The molecule has 0 bridgehead atoms. The summed E-state index contributed by atoms with van der Waals surface area (Å²) >= 11 is 5.59.